The fourth-order valence-corrected chi connectivity index (χ4v) is 2.41. The first-order valence-electron chi connectivity index (χ1n) is 7.25. The van der Waals surface area contributed by atoms with Crippen LogP contribution in [0.3, 0.4) is 0 Å². The van der Waals surface area contributed by atoms with Crippen molar-refractivity contribution >= 4 is 46.2 Å². The lowest BCUT2D eigenvalue weighted by Crippen LogP contribution is -2.12. The SMILES string of the molecule is O=C(Nc1ccc(F)cc1)c1cncc(Nc2ccc(Cl)c(Cl)c2)c1. The van der Waals surface area contributed by atoms with Gasteiger partial charge in [0.05, 0.1) is 27.5 Å². The van der Waals surface area contributed by atoms with Crippen molar-refractivity contribution < 1.29 is 9.18 Å². The van der Waals surface area contributed by atoms with E-state index >= 15 is 0 Å². The van der Waals surface area contributed by atoms with Gasteiger partial charge in [-0.05, 0) is 48.5 Å². The van der Waals surface area contributed by atoms with Crippen molar-refractivity contribution in [1.29, 1.82) is 0 Å². The standard InChI is InChI=1S/C18H12Cl2FN3O/c19-16-6-5-14(8-17(16)20)23-15-7-11(9-22-10-15)18(25)24-13-3-1-12(21)2-4-13/h1-10,23H,(H,24,25). The van der Waals surface area contributed by atoms with Gasteiger partial charge in [0.1, 0.15) is 5.82 Å². The van der Waals surface area contributed by atoms with Crippen LogP contribution in [-0.4, -0.2) is 10.9 Å². The molecule has 4 nitrogen and oxygen atoms in total. The maximum atomic E-state index is 12.9. The van der Waals surface area contributed by atoms with Crippen LogP contribution in [0.1, 0.15) is 10.4 Å². The molecule has 1 aromatic heterocycles. The number of nitrogens with one attached hydrogen (secondary N) is 2. The summed E-state index contributed by atoms with van der Waals surface area (Å²) in [6.07, 6.45) is 3.02. The van der Waals surface area contributed by atoms with Crippen molar-refractivity contribution in [3.05, 3.63) is 82.4 Å². The number of pyridine rings is 1. The van der Waals surface area contributed by atoms with Gasteiger partial charge in [-0.2, -0.15) is 0 Å². The molecule has 2 N–H and O–H groups in total. The highest BCUT2D eigenvalue weighted by molar-refractivity contribution is 6.42. The van der Waals surface area contributed by atoms with Crippen LogP contribution >= 0.6 is 23.2 Å². The van der Waals surface area contributed by atoms with Crippen molar-refractivity contribution in [3.8, 4) is 0 Å². The third-order valence-corrected chi connectivity index (χ3v) is 4.05. The van der Waals surface area contributed by atoms with Gasteiger partial charge in [0.2, 0.25) is 0 Å². The summed E-state index contributed by atoms with van der Waals surface area (Å²) < 4.78 is 12.9. The van der Waals surface area contributed by atoms with Gasteiger partial charge in [0.25, 0.3) is 5.91 Å². The molecular formula is C18H12Cl2FN3O. The number of nitrogens with zero attached hydrogens (tertiary/aromatic N) is 1. The molecule has 0 fully saturated rings. The summed E-state index contributed by atoms with van der Waals surface area (Å²) in [7, 11) is 0. The van der Waals surface area contributed by atoms with Crippen LogP contribution in [0.4, 0.5) is 21.5 Å². The van der Waals surface area contributed by atoms with E-state index in [1.54, 1.807) is 30.5 Å². The fraction of sp³-hybridized carbons (Fsp3) is 0. The Labute approximate surface area is 153 Å². The molecule has 0 aliphatic rings. The van der Waals surface area contributed by atoms with E-state index in [-0.39, 0.29) is 11.7 Å². The molecule has 25 heavy (non-hydrogen) atoms. The Morgan fingerprint density at radius 3 is 2.32 bits per heavy atom. The number of carbonyl (C=O) groups is 1. The molecular weight excluding hydrogens is 364 g/mol. The Morgan fingerprint density at radius 1 is 0.880 bits per heavy atom. The molecule has 2 aromatic carbocycles. The van der Waals surface area contributed by atoms with Gasteiger partial charge in [-0.25, -0.2) is 4.39 Å². The Kier molecular flexibility index (Phi) is 5.16. The van der Waals surface area contributed by atoms with Crippen LogP contribution < -0.4 is 10.6 Å². The Hall–Kier alpha value is -2.63. The minimum Gasteiger partial charge on any atom is -0.354 e. The maximum absolute atomic E-state index is 12.9. The predicted molar refractivity (Wildman–Crippen MR) is 98.3 cm³/mol. The van der Waals surface area contributed by atoms with Crippen molar-refractivity contribution in [2.75, 3.05) is 10.6 Å². The van der Waals surface area contributed by atoms with Gasteiger partial charge < -0.3 is 10.6 Å². The van der Waals surface area contributed by atoms with E-state index < -0.39 is 0 Å². The zero-order valence-corrected chi connectivity index (χ0v) is 14.3. The zero-order valence-electron chi connectivity index (χ0n) is 12.8. The number of benzene rings is 2. The van der Waals surface area contributed by atoms with Gasteiger partial charge >= 0.3 is 0 Å². The first kappa shape index (κ1) is 17.2. The molecule has 0 radical (unpaired) electrons. The largest absolute Gasteiger partial charge is 0.354 e. The normalized spacial score (nSPS) is 10.4. The number of anilines is 3. The highest BCUT2D eigenvalue weighted by atomic mass is 35.5. The van der Waals surface area contributed by atoms with E-state index in [1.165, 1.54) is 30.5 Å². The van der Waals surface area contributed by atoms with Crippen molar-refractivity contribution in [2.24, 2.45) is 0 Å². The third-order valence-electron chi connectivity index (χ3n) is 3.31. The van der Waals surface area contributed by atoms with Crippen LogP contribution in [0.25, 0.3) is 0 Å². The Bertz CT molecular complexity index is 916. The third kappa shape index (κ3) is 4.47. The molecule has 0 saturated carbocycles. The van der Waals surface area contributed by atoms with Gasteiger partial charge in [-0.15, -0.1) is 0 Å². The summed E-state index contributed by atoms with van der Waals surface area (Å²) in [5, 5.41) is 6.66. The second-order valence-corrected chi connectivity index (χ2v) is 5.99. The fourth-order valence-electron chi connectivity index (χ4n) is 2.11. The molecule has 3 aromatic rings. The second-order valence-electron chi connectivity index (χ2n) is 5.18. The van der Waals surface area contributed by atoms with E-state index in [4.69, 9.17) is 23.2 Å². The summed E-state index contributed by atoms with van der Waals surface area (Å²) in [6, 6.07) is 12.3. The monoisotopic (exact) mass is 375 g/mol. The number of hydrogen-bond donors (Lipinski definition) is 2. The molecule has 0 atom stereocenters. The number of aromatic nitrogens is 1. The van der Waals surface area contributed by atoms with E-state index in [2.05, 4.69) is 15.6 Å². The molecule has 0 unspecified atom stereocenters. The molecule has 1 heterocycles. The first-order chi connectivity index (χ1) is 12.0. The van der Waals surface area contributed by atoms with E-state index in [0.29, 0.717) is 32.7 Å². The predicted octanol–water partition coefficient (Wildman–Crippen LogP) is 5.52. The van der Waals surface area contributed by atoms with Crippen LogP contribution in [0.2, 0.25) is 10.0 Å². The molecule has 0 saturated heterocycles. The van der Waals surface area contributed by atoms with Crippen molar-refractivity contribution in [3.63, 3.8) is 0 Å². The van der Waals surface area contributed by atoms with Crippen LogP contribution in [0.5, 0.6) is 0 Å². The quantitative estimate of drug-likeness (QED) is 0.630. The summed E-state index contributed by atoms with van der Waals surface area (Å²) >= 11 is 11.9. The van der Waals surface area contributed by atoms with Crippen LogP contribution in [0, 0.1) is 5.82 Å². The lowest BCUT2D eigenvalue weighted by Gasteiger charge is -2.09. The average molecular weight is 376 g/mol. The lowest BCUT2D eigenvalue weighted by molar-refractivity contribution is 0.102. The summed E-state index contributed by atoms with van der Waals surface area (Å²) in [4.78, 5) is 16.3. The summed E-state index contributed by atoms with van der Waals surface area (Å²) in [5.74, 6) is -0.718. The lowest BCUT2D eigenvalue weighted by atomic mass is 10.2. The minimum atomic E-state index is -0.368. The number of hydrogen-bond acceptors (Lipinski definition) is 3. The minimum absolute atomic E-state index is 0.350. The van der Waals surface area contributed by atoms with E-state index in [0.717, 1.165) is 0 Å². The smallest absolute Gasteiger partial charge is 0.257 e. The molecule has 3 rings (SSSR count). The summed E-state index contributed by atoms with van der Waals surface area (Å²) in [5.41, 5.74) is 2.18. The number of halogens is 3. The molecule has 126 valence electrons. The Balaban J connectivity index is 1.75. The summed E-state index contributed by atoms with van der Waals surface area (Å²) in [6.45, 7) is 0. The van der Waals surface area contributed by atoms with Gasteiger partial charge in [-0.3, -0.25) is 9.78 Å². The van der Waals surface area contributed by atoms with E-state index in [9.17, 15) is 9.18 Å². The maximum Gasteiger partial charge on any atom is 0.257 e. The Morgan fingerprint density at radius 2 is 1.60 bits per heavy atom. The van der Waals surface area contributed by atoms with Gasteiger partial charge in [0.15, 0.2) is 0 Å². The van der Waals surface area contributed by atoms with Crippen LogP contribution in [-0.2, 0) is 0 Å². The number of carbonyl (C=O) groups excluding carboxylic acids is 1. The highest BCUT2D eigenvalue weighted by Crippen LogP contribution is 2.27. The highest BCUT2D eigenvalue weighted by Gasteiger charge is 2.08. The zero-order chi connectivity index (χ0) is 17.8. The first-order valence-corrected chi connectivity index (χ1v) is 8.01. The van der Waals surface area contributed by atoms with Crippen molar-refractivity contribution in [2.45, 2.75) is 0 Å². The molecule has 0 aliphatic heterocycles. The topological polar surface area (TPSA) is 54.0 Å². The molecule has 7 heteroatoms. The molecule has 0 spiro atoms. The number of amides is 1. The molecule has 0 bridgehead atoms. The van der Waals surface area contributed by atoms with Crippen molar-refractivity contribution in [1.82, 2.24) is 4.98 Å². The molecule has 0 aliphatic carbocycles. The van der Waals surface area contributed by atoms with Gasteiger partial charge in [-0.1, -0.05) is 23.2 Å². The molecule has 1 amide bonds. The van der Waals surface area contributed by atoms with E-state index in [1.807, 2.05) is 0 Å². The average Bonchev–Trinajstić information content (AvgIpc) is 2.60. The number of rotatable bonds is 4. The van der Waals surface area contributed by atoms with Gasteiger partial charge in [0, 0.05) is 17.6 Å². The van der Waals surface area contributed by atoms with Crippen LogP contribution in [0.15, 0.2) is 60.9 Å². The second kappa shape index (κ2) is 7.51.